The zero-order valence-corrected chi connectivity index (χ0v) is 13.0. The van der Waals surface area contributed by atoms with E-state index in [2.05, 4.69) is 28.4 Å². The topological polar surface area (TPSA) is 67.3 Å². The van der Waals surface area contributed by atoms with Crippen molar-refractivity contribution >= 4 is 16.7 Å². The molecule has 1 aromatic heterocycles. The second-order valence-corrected chi connectivity index (χ2v) is 6.25. The van der Waals surface area contributed by atoms with Gasteiger partial charge in [0.15, 0.2) is 0 Å². The van der Waals surface area contributed by atoms with E-state index in [0.29, 0.717) is 17.6 Å². The van der Waals surface area contributed by atoms with E-state index in [-0.39, 0.29) is 0 Å². The van der Waals surface area contributed by atoms with Crippen LogP contribution in [0.2, 0.25) is 0 Å². The number of benzene rings is 1. The van der Waals surface area contributed by atoms with Crippen LogP contribution in [-0.4, -0.2) is 38.7 Å². The van der Waals surface area contributed by atoms with Crippen LogP contribution in [0.15, 0.2) is 18.2 Å². The van der Waals surface area contributed by atoms with Gasteiger partial charge in [0.05, 0.1) is 11.0 Å². The fourth-order valence-electron chi connectivity index (χ4n) is 2.91. The van der Waals surface area contributed by atoms with Crippen LogP contribution in [0, 0.1) is 0 Å². The van der Waals surface area contributed by atoms with E-state index >= 15 is 0 Å². The molecule has 114 valence electrons. The number of aliphatic hydroxyl groups excluding tert-OH is 1. The number of nitrogens with zero attached hydrogens (tertiary/aromatic N) is 3. The summed E-state index contributed by atoms with van der Waals surface area (Å²) >= 11 is 0. The van der Waals surface area contributed by atoms with E-state index in [1.54, 1.807) is 6.92 Å². The van der Waals surface area contributed by atoms with Gasteiger partial charge in [-0.25, -0.2) is 4.98 Å². The fraction of sp³-hybridized carbons (Fsp3) is 0.562. The molecule has 1 aliphatic carbocycles. The van der Waals surface area contributed by atoms with Gasteiger partial charge in [-0.2, -0.15) is 0 Å². The lowest BCUT2D eigenvalue weighted by Gasteiger charge is -2.26. The fourth-order valence-corrected chi connectivity index (χ4v) is 2.91. The summed E-state index contributed by atoms with van der Waals surface area (Å²) in [5, 5.41) is 10.0. The molecule has 1 aromatic carbocycles. The van der Waals surface area contributed by atoms with Gasteiger partial charge in [0, 0.05) is 24.3 Å². The Labute approximate surface area is 125 Å². The number of nitrogen functional groups attached to an aromatic ring is 1. The molecule has 0 bridgehead atoms. The van der Waals surface area contributed by atoms with Gasteiger partial charge in [0.2, 0.25) is 0 Å². The summed E-state index contributed by atoms with van der Waals surface area (Å²) in [4.78, 5) is 6.99. The van der Waals surface area contributed by atoms with Crippen molar-refractivity contribution in [1.29, 1.82) is 0 Å². The molecule has 0 amide bonds. The molecule has 0 spiro atoms. The van der Waals surface area contributed by atoms with Crippen LogP contribution in [-0.2, 0) is 6.54 Å². The second kappa shape index (κ2) is 5.31. The first kappa shape index (κ1) is 14.4. The van der Waals surface area contributed by atoms with Gasteiger partial charge in [-0.1, -0.05) is 0 Å². The number of rotatable bonds is 5. The zero-order chi connectivity index (χ0) is 15.1. The Morgan fingerprint density at radius 3 is 2.76 bits per heavy atom. The van der Waals surface area contributed by atoms with Gasteiger partial charge in [0.25, 0.3) is 0 Å². The maximum atomic E-state index is 10.0. The SMILES string of the molecule is CC(O)c1nc2cc(N)ccc2n1CC(C)N(C)C1CC1. The number of likely N-dealkylation sites (N-methyl/N-ethyl adjacent to an activating group) is 1. The van der Waals surface area contributed by atoms with Crippen LogP contribution in [0.5, 0.6) is 0 Å². The molecule has 21 heavy (non-hydrogen) atoms. The molecule has 3 rings (SSSR count). The second-order valence-electron chi connectivity index (χ2n) is 6.25. The number of fused-ring (bicyclic) bond motifs is 1. The van der Waals surface area contributed by atoms with Gasteiger partial charge >= 0.3 is 0 Å². The molecular weight excluding hydrogens is 264 g/mol. The number of hydrogen-bond donors (Lipinski definition) is 2. The number of anilines is 1. The zero-order valence-electron chi connectivity index (χ0n) is 13.0. The molecule has 0 saturated heterocycles. The van der Waals surface area contributed by atoms with Crippen molar-refractivity contribution in [3.05, 3.63) is 24.0 Å². The van der Waals surface area contributed by atoms with Crippen molar-refractivity contribution in [3.63, 3.8) is 0 Å². The normalized spacial score (nSPS) is 18.3. The summed E-state index contributed by atoms with van der Waals surface area (Å²) in [5.74, 6) is 0.714. The van der Waals surface area contributed by atoms with Crippen molar-refractivity contribution in [1.82, 2.24) is 14.5 Å². The molecule has 1 aliphatic rings. The minimum Gasteiger partial charge on any atom is -0.399 e. The molecule has 0 radical (unpaired) electrons. The van der Waals surface area contributed by atoms with Gasteiger partial charge in [0.1, 0.15) is 11.9 Å². The number of nitrogens with two attached hydrogens (primary N) is 1. The van der Waals surface area contributed by atoms with E-state index in [1.807, 2.05) is 18.2 Å². The average molecular weight is 288 g/mol. The van der Waals surface area contributed by atoms with Crippen LogP contribution >= 0.6 is 0 Å². The molecule has 5 heteroatoms. The van der Waals surface area contributed by atoms with Crippen molar-refractivity contribution in [2.45, 2.75) is 51.4 Å². The summed E-state index contributed by atoms with van der Waals surface area (Å²) in [6, 6.07) is 6.88. The van der Waals surface area contributed by atoms with Crippen LogP contribution in [0.25, 0.3) is 11.0 Å². The molecule has 1 heterocycles. The van der Waals surface area contributed by atoms with Crippen LogP contribution in [0.3, 0.4) is 0 Å². The smallest absolute Gasteiger partial charge is 0.138 e. The van der Waals surface area contributed by atoms with E-state index in [0.717, 1.165) is 23.6 Å². The third-order valence-corrected chi connectivity index (χ3v) is 4.44. The Morgan fingerprint density at radius 1 is 1.43 bits per heavy atom. The molecular formula is C16H24N4O. The summed E-state index contributed by atoms with van der Waals surface area (Å²) < 4.78 is 2.13. The van der Waals surface area contributed by atoms with Crippen LogP contribution < -0.4 is 5.73 Å². The molecule has 2 atom stereocenters. The Balaban J connectivity index is 1.96. The summed E-state index contributed by atoms with van der Waals surface area (Å²) in [5.41, 5.74) is 8.43. The Kier molecular flexibility index (Phi) is 3.63. The Morgan fingerprint density at radius 2 is 2.14 bits per heavy atom. The summed E-state index contributed by atoms with van der Waals surface area (Å²) in [6.45, 7) is 4.82. The molecule has 5 nitrogen and oxygen atoms in total. The Bertz CT molecular complexity index is 645. The Hall–Kier alpha value is -1.59. The first-order chi connectivity index (χ1) is 9.97. The third kappa shape index (κ3) is 2.76. The van der Waals surface area contributed by atoms with Crippen LogP contribution in [0.1, 0.15) is 38.6 Å². The van der Waals surface area contributed by atoms with Crippen molar-refractivity contribution in [2.24, 2.45) is 0 Å². The minimum absolute atomic E-state index is 0.407. The number of imidazole rings is 1. The molecule has 1 saturated carbocycles. The van der Waals surface area contributed by atoms with Gasteiger partial charge in [-0.15, -0.1) is 0 Å². The van der Waals surface area contributed by atoms with Crippen molar-refractivity contribution in [2.75, 3.05) is 12.8 Å². The first-order valence-corrected chi connectivity index (χ1v) is 7.63. The molecule has 3 N–H and O–H groups in total. The maximum Gasteiger partial charge on any atom is 0.138 e. The molecule has 2 unspecified atom stereocenters. The lowest BCUT2D eigenvalue weighted by molar-refractivity contribution is 0.176. The quantitative estimate of drug-likeness (QED) is 0.827. The van der Waals surface area contributed by atoms with E-state index in [4.69, 9.17) is 5.73 Å². The molecule has 0 aliphatic heterocycles. The number of aromatic nitrogens is 2. The highest BCUT2D eigenvalue weighted by molar-refractivity contribution is 5.79. The van der Waals surface area contributed by atoms with Gasteiger partial charge < -0.3 is 15.4 Å². The highest BCUT2D eigenvalue weighted by Crippen LogP contribution is 2.29. The van der Waals surface area contributed by atoms with Gasteiger partial charge in [-0.3, -0.25) is 4.90 Å². The van der Waals surface area contributed by atoms with Crippen LogP contribution in [0.4, 0.5) is 5.69 Å². The minimum atomic E-state index is -0.586. The first-order valence-electron chi connectivity index (χ1n) is 7.63. The molecule has 2 aromatic rings. The third-order valence-electron chi connectivity index (χ3n) is 4.44. The summed E-state index contributed by atoms with van der Waals surface area (Å²) in [7, 11) is 2.18. The predicted molar refractivity (Wildman–Crippen MR) is 85.0 cm³/mol. The van der Waals surface area contributed by atoms with E-state index in [9.17, 15) is 5.11 Å². The van der Waals surface area contributed by atoms with Gasteiger partial charge in [-0.05, 0) is 51.9 Å². The maximum absolute atomic E-state index is 10.0. The van der Waals surface area contributed by atoms with E-state index < -0.39 is 6.10 Å². The lowest BCUT2D eigenvalue weighted by Crippen LogP contribution is -2.35. The summed E-state index contributed by atoms with van der Waals surface area (Å²) in [6.07, 6.45) is 2.01. The monoisotopic (exact) mass is 288 g/mol. The highest BCUT2D eigenvalue weighted by atomic mass is 16.3. The highest BCUT2D eigenvalue weighted by Gasteiger charge is 2.30. The average Bonchev–Trinajstić information content (AvgIpc) is 3.21. The predicted octanol–water partition coefficient (Wildman–Crippen LogP) is 2.15. The van der Waals surface area contributed by atoms with Crippen molar-refractivity contribution < 1.29 is 5.11 Å². The van der Waals surface area contributed by atoms with E-state index in [1.165, 1.54) is 12.8 Å². The molecule has 1 fully saturated rings. The number of aliphatic hydroxyl groups is 1. The lowest BCUT2D eigenvalue weighted by atomic mass is 10.2. The number of hydrogen-bond acceptors (Lipinski definition) is 4. The largest absolute Gasteiger partial charge is 0.399 e. The standard InChI is InChI=1S/C16H24N4O/c1-10(19(3)13-5-6-13)9-20-15-7-4-12(17)8-14(15)18-16(20)11(2)21/h4,7-8,10-11,13,21H,5-6,9,17H2,1-3H3. The van der Waals surface area contributed by atoms with Crippen molar-refractivity contribution in [3.8, 4) is 0 Å².